The van der Waals surface area contributed by atoms with Crippen LogP contribution in [0.5, 0.6) is 0 Å². The number of carbonyl (C=O) groups excluding carboxylic acids is 1. The molecular formula is C16H18BrNO3. The monoisotopic (exact) mass is 351 g/mol. The molecule has 0 aromatic heterocycles. The van der Waals surface area contributed by atoms with Gasteiger partial charge in [-0.25, -0.2) is 4.79 Å². The summed E-state index contributed by atoms with van der Waals surface area (Å²) < 4.78 is 1.00. The van der Waals surface area contributed by atoms with E-state index in [0.717, 1.165) is 16.5 Å². The number of aliphatic carboxylic acids is 1. The van der Waals surface area contributed by atoms with Crippen LogP contribution in [0.3, 0.4) is 0 Å². The van der Waals surface area contributed by atoms with Gasteiger partial charge in [0.2, 0.25) is 5.91 Å². The largest absolute Gasteiger partial charge is 0.480 e. The summed E-state index contributed by atoms with van der Waals surface area (Å²) in [6, 6.07) is 7.05. The fourth-order valence-electron chi connectivity index (χ4n) is 2.34. The lowest BCUT2D eigenvalue weighted by atomic mass is 10.1. The molecule has 0 heterocycles. The normalized spacial score (nSPS) is 22.0. The number of allylic oxidation sites excluding steroid dienone is 1. The van der Waals surface area contributed by atoms with Crippen molar-refractivity contribution in [3.63, 3.8) is 0 Å². The van der Waals surface area contributed by atoms with Gasteiger partial charge in [-0.1, -0.05) is 40.2 Å². The van der Waals surface area contributed by atoms with Gasteiger partial charge in [0.25, 0.3) is 0 Å². The molecule has 0 bridgehead atoms. The van der Waals surface area contributed by atoms with E-state index in [-0.39, 0.29) is 17.7 Å². The van der Waals surface area contributed by atoms with Crippen LogP contribution in [0.4, 0.5) is 0 Å². The van der Waals surface area contributed by atoms with E-state index in [1.165, 1.54) is 0 Å². The van der Waals surface area contributed by atoms with Crippen LogP contribution in [0, 0.1) is 5.92 Å². The molecule has 0 saturated heterocycles. The van der Waals surface area contributed by atoms with Crippen molar-refractivity contribution in [2.45, 2.75) is 31.7 Å². The summed E-state index contributed by atoms with van der Waals surface area (Å²) in [5.74, 6) is -1.07. The van der Waals surface area contributed by atoms with Crippen LogP contribution in [0.2, 0.25) is 0 Å². The summed E-state index contributed by atoms with van der Waals surface area (Å²) >= 11 is 3.38. The lowest BCUT2D eigenvalue weighted by molar-refractivity contribution is -0.141. The molecule has 1 saturated carbocycles. The fourth-order valence-corrected chi connectivity index (χ4v) is 2.60. The highest BCUT2D eigenvalue weighted by atomic mass is 79.9. The van der Waals surface area contributed by atoms with Crippen molar-refractivity contribution in [2.75, 3.05) is 0 Å². The van der Waals surface area contributed by atoms with Gasteiger partial charge in [-0.05, 0) is 43.4 Å². The topological polar surface area (TPSA) is 66.4 Å². The molecule has 1 amide bonds. The second-order valence-electron chi connectivity index (χ2n) is 5.20. The molecule has 1 fully saturated rings. The number of halogens is 1. The molecule has 2 rings (SSSR count). The van der Waals surface area contributed by atoms with Gasteiger partial charge in [0.05, 0.1) is 0 Å². The number of carbonyl (C=O) groups is 2. The Morgan fingerprint density at radius 3 is 2.67 bits per heavy atom. The van der Waals surface area contributed by atoms with Crippen LogP contribution < -0.4 is 5.32 Å². The van der Waals surface area contributed by atoms with Gasteiger partial charge in [-0.3, -0.25) is 4.79 Å². The van der Waals surface area contributed by atoms with E-state index in [1.54, 1.807) is 12.2 Å². The Morgan fingerprint density at radius 2 is 2.10 bits per heavy atom. The van der Waals surface area contributed by atoms with E-state index >= 15 is 0 Å². The maximum atomic E-state index is 12.1. The van der Waals surface area contributed by atoms with Crippen LogP contribution in [0.25, 0.3) is 0 Å². The molecule has 0 radical (unpaired) electrons. The number of nitrogens with one attached hydrogen (secondary N) is 1. The van der Waals surface area contributed by atoms with Crippen LogP contribution >= 0.6 is 15.9 Å². The number of rotatable bonds is 6. The number of amides is 1. The van der Waals surface area contributed by atoms with Crippen LogP contribution in [-0.2, 0) is 9.59 Å². The Bertz CT molecular complexity index is 553. The first-order chi connectivity index (χ1) is 10.0. The van der Waals surface area contributed by atoms with Crippen molar-refractivity contribution in [1.29, 1.82) is 0 Å². The molecule has 1 aromatic carbocycles. The molecule has 1 aliphatic rings. The molecule has 1 aliphatic carbocycles. The van der Waals surface area contributed by atoms with Crippen molar-refractivity contribution in [3.8, 4) is 0 Å². The first-order valence-electron chi connectivity index (χ1n) is 6.92. The predicted molar refractivity (Wildman–Crippen MR) is 84.0 cm³/mol. The molecule has 2 N–H and O–H groups in total. The zero-order chi connectivity index (χ0) is 15.4. The fraction of sp³-hybridized carbons (Fsp3) is 0.375. The first-order valence-corrected chi connectivity index (χ1v) is 7.72. The standard InChI is InChI=1S/C16H18BrNO3/c1-2-3-4-14(16(20)21)18-15(19)13-9-12(13)10-5-7-11(17)8-6-10/h2-3,5-8,12-14H,4,9H2,1H3,(H,18,19)(H,20,21)/b3-2+. The van der Waals surface area contributed by atoms with Gasteiger partial charge in [-0.15, -0.1) is 0 Å². The smallest absolute Gasteiger partial charge is 0.326 e. The Kier molecular flexibility index (Phi) is 5.17. The molecule has 5 heteroatoms. The first kappa shape index (κ1) is 15.8. The number of carboxylic acid groups (broad SMARTS) is 1. The molecule has 0 aliphatic heterocycles. The van der Waals surface area contributed by atoms with E-state index in [0.29, 0.717) is 6.42 Å². The Labute approximate surface area is 132 Å². The Balaban J connectivity index is 1.93. The highest BCUT2D eigenvalue weighted by molar-refractivity contribution is 9.10. The number of benzene rings is 1. The lowest BCUT2D eigenvalue weighted by Crippen LogP contribution is -2.41. The summed E-state index contributed by atoms with van der Waals surface area (Å²) in [4.78, 5) is 23.2. The summed E-state index contributed by atoms with van der Waals surface area (Å²) in [6.45, 7) is 1.82. The Morgan fingerprint density at radius 1 is 1.43 bits per heavy atom. The molecule has 3 unspecified atom stereocenters. The molecule has 0 spiro atoms. The highest BCUT2D eigenvalue weighted by Crippen LogP contribution is 2.47. The zero-order valence-electron chi connectivity index (χ0n) is 11.8. The second kappa shape index (κ2) is 6.89. The minimum atomic E-state index is -0.998. The Hall–Kier alpha value is -1.62. The van der Waals surface area contributed by atoms with Crippen molar-refractivity contribution >= 4 is 27.8 Å². The molecule has 1 aromatic rings. The lowest BCUT2D eigenvalue weighted by Gasteiger charge is -2.12. The van der Waals surface area contributed by atoms with E-state index in [4.69, 9.17) is 5.11 Å². The van der Waals surface area contributed by atoms with Crippen molar-refractivity contribution in [1.82, 2.24) is 5.32 Å². The molecule has 3 atom stereocenters. The third-order valence-corrected chi connectivity index (χ3v) is 4.18. The predicted octanol–water partition coefficient (Wildman–Crippen LogP) is 3.09. The summed E-state index contributed by atoms with van der Waals surface area (Å²) in [7, 11) is 0. The number of hydrogen-bond acceptors (Lipinski definition) is 2. The van der Waals surface area contributed by atoms with E-state index in [2.05, 4.69) is 21.2 Å². The van der Waals surface area contributed by atoms with Crippen molar-refractivity contribution in [2.24, 2.45) is 5.92 Å². The molecule has 4 nitrogen and oxygen atoms in total. The summed E-state index contributed by atoms with van der Waals surface area (Å²) in [5.41, 5.74) is 1.12. The van der Waals surface area contributed by atoms with Crippen molar-refractivity contribution < 1.29 is 14.7 Å². The zero-order valence-corrected chi connectivity index (χ0v) is 13.3. The van der Waals surface area contributed by atoms with Crippen LogP contribution in [-0.4, -0.2) is 23.0 Å². The van der Waals surface area contributed by atoms with Gasteiger partial charge in [-0.2, -0.15) is 0 Å². The van der Waals surface area contributed by atoms with E-state index in [9.17, 15) is 9.59 Å². The van der Waals surface area contributed by atoms with Gasteiger partial charge in [0, 0.05) is 10.4 Å². The maximum Gasteiger partial charge on any atom is 0.326 e. The quantitative estimate of drug-likeness (QED) is 0.774. The molecule has 112 valence electrons. The van der Waals surface area contributed by atoms with Gasteiger partial charge < -0.3 is 10.4 Å². The minimum absolute atomic E-state index is 0.112. The van der Waals surface area contributed by atoms with Gasteiger partial charge in [0.15, 0.2) is 0 Å². The molecular weight excluding hydrogens is 334 g/mol. The SMILES string of the molecule is C/C=C/CC(NC(=O)C1CC1c1ccc(Br)cc1)C(=O)O. The number of hydrogen-bond donors (Lipinski definition) is 2. The average Bonchev–Trinajstić information content (AvgIpc) is 3.24. The third-order valence-electron chi connectivity index (χ3n) is 3.65. The van der Waals surface area contributed by atoms with E-state index in [1.807, 2.05) is 31.2 Å². The second-order valence-corrected chi connectivity index (χ2v) is 6.12. The minimum Gasteiger partial charge on any atom is -0.480 e. The number of carboxylic acids is 1. The van der Waals surface area contributed by atoms with Gasteiger partial charge >= 0.3 is 5.97 Å². The maximum absolute atomic E-state index is 12.1. The molecule has 21 heavy (non-hydrogen) atoms. The third kappa shape index (κ3) is 4.17. The van der Waals surface area contributed by atoms with Crippen molar-refractivity contribution in [3.05, 3.63) is 46.5 Å². The highest BCUT2D eigenvalue weighted by Gasteiger charge is 2.44. The van der Waals surface area contributed by atoms with E-state index < -0.39 is 12.0 Å². The van der Waals surface area contributed by atoms with Crippen LogP contribution in [0.1, 0.15) is 31.2 Å². The van der Waals surface area contributed by atoms with Gasteiger partial charge in [0.1, 0.15) is 6.04 Å². The summed E-state index contributed by atoms with van der Waals surface area (Å²) in [5, 5.41) is 11.7. The van der Waals surface area contributed by atoms with Crippen LogP contribution in [0.15, 0.2) is 40.9 Å². The average molecular weight is 352 g/mol. The summed E-state index contributed by atoms with van der Waals surface area (Å²) in [6.07, 6.45) is 4.62.